The molecule has 0 amide bonds. The Hall–Kier alpha value is -2.14. The number of halogens is 1. The first-order valence-corrected chi connectivity index (χ1v) is 6.35. The summed E-state index contributed by atoms with van der Waals surface area (Å²) in [5, 5.41) is 2.98. The molecule has 0 fully saturated rings. The van der Waals surface area contributed by atoms with Crippen molar-refractivity contribution < 1.29 is 13.9 Å². The Morgan fingerprint density at radius 2 is 1.60 bits per heavy atom. The van der Waals surface area contributed by atoms with Gasteiger partial charge < -0.3 is 14.8 Å². The van der Waals surface area contributed by atoms with Crippen molar-refractivity contribution in [3.8, 4) is 11.5 Å². The second-order valence-corrected chi connectivity index (χ2v) is 4.38. The molecular formula is C15H14FNO2S. The van der Waals surface area contributed by atoms with Crippen LogP contribution < -0.4 is 14.8 Å². The average Bonchev–Trinajstić information content (AvgIpc) is 2.47. The van der Waals surface area contributed by atoms with Gasteiger partial charge in [-0.25, -0.2) is 4.39 Å². The van der Waals surface area contributed by atoms with Gasteiger partial charge in [-0.2, -0.15) is 0 Å². The fraction of sp³-hybridized carbons (Fsp3) is 0.133. The van der Waals surface area contributed by atoms with Crippen LogP contribution in [0.15, 0.2) is 42.5 Å². The number of rotatable bonds is 4. The van der Waals surface area contributed by atoms with Gasteiger partial charge in [0.1, 0.15) is 28.0 Å². The highest BCUT2D eigenvalue weighted by Gasteiger charge is 2.14. The molecule has 0 aliphatic carbocycles. The van der Waals surface area contributed by atoms with Crippen LogP contribution in [0.4, 0.5) is 10.1 Å². The Morgan fingerprint density at radius 3 is 2.15 bits per heavy atom. The van der Waals surface area contributed by atoms with E-state index in [4.69, 9.17) is 21.7 Å². The second kappa shape index (κ2) is 6.34. The van der Waals surface area contributed by atoms with Crippen molar-refractivity contribution in [1.29, 1.82) is 0 Å². The molecule has 0 aliphatic rings. The molecule has 2 aromatic rings. The molecule has 0 spiro atoms. The SMILES string of the molecule is COc1cccc(OC)c1NC(=S)c1ccccc1F. The highest BCUT2D eigenvalue weighted by atomic mass is 32.1. The number of benzene rings is 2. The number of ether oxygens (including phenoxy) is 2. The van der Waals surface area contributed by atoms with E-state index in [0.29, 0.717) is 22.7 Å². The Morgan fingerprint density at radius 1 is 1.00 bits per heavy atom. The van der Waals surface area contributed by atoms with Crippen LogP contribution in [-0.2, 0) is 0 Å². The molecule has 0 radical (unpaired) electrons. The van der Waals surface area contributed by atoms with E-state index in [1.165, 1.54) is 6.07 Å². The smallest absolute Gasteiger partial charge is 0.146 e. The molecule has 0 aromatic heterocycles. The van der Waals surface area contributed by atoms with Crippen molar-refractivity contribution in [2.75, 3.05) is 19.5 Å². The van der Waals surface area contributed by atoms with E-state index in [9.17, 15) is 4.39 Å². The predicted molar refractivity (Wildman–Crippen MR) is 81.3 cm³/mol. The summed E-state index contributed by atoms with van der Waals surface area (Å²) in [5.41, 5.74) is 0.904. The maximum Gasteiger partial charge on any atom is 0.146 e. The summed E-state index contributed by atoms with van der Waals surface area (Å²) >= 11 is 5.24. The summed E-state index contributed by atoms with van der Waals surface area (Å²) < 4.78 is 24.2. The van der Waals surface area contributed by atoms with Crippen LogP contribution in [0.1, 0.15) is 5.56 Å². The fourth-order valence-electron chi connectivity index (χ4n) is 1.80. The van der Waals surface area contributed by atoms with Crippen LogP contribution in [0.3, 0.4) is 0 Å². The van der Waals surface area contributed by atoms with Crippen LogP contribution in [0.2, 0.25) is 0 Å². The summed E-state index contributed by atoms with van der Waals surface area (Å²) in [6.45, 7) is 0. The summed E-state index contributed by atoms with van der Waals surface area (Å²) in [4.78, 5) is 0.269. The number of hydrogen-bond acceptors (Lipinski definition) is 3. The standard InChI is InChI=1S/C15H14FNO2S/c1-18-12-8-5-9-13(19-2)14(12)17-15(20)10-6-3-4-7-11(10)16/h3-9H,1-2H3,(H,17,20). The van der Waals surface area contributed by atoms with Gasteiger partial charge in [0.25, 0.3) is 0 Å². The molecule has 0 aliphatic heterocycles. The minimum atomic E-state index is -0.376. The van der Waals surface area contributed by atoms with Gasteiger partial charge in [0.15, 0.2) is 0 Å². The van der Waals surface area contributed by atoms with Gasteiger partial charge in [0.05, 0.1) is 14.2 Å². The van der Waals surface area contributed by atoms with Crippen molar-refractivity contribution in [3.05, 3.63) is 53.8 Å². The molecule has 3 nitrogen and oxygen atoms in total. The van der Waals surface area contributed by atoms with Gasteiger partial charge in [-0.05, 0) is 24.3 Å². The zero-order valence-electron chi connectivity index (χ0n) is 11.1. The van der Waals surface area contributed by atoms with Crippen LogP contribution >= 0.6 is 12.2 Å². The molecule has 0 bridgehead atoms. The molecule has 20 heavy (non-hydrogen) atoms. The van der Waals surface area contributed by atoms with E-state index < -0.39 is 0 Å². The van der Waals surface area contributed by atoms with Crippen LogP contribution in [-0.4, -0.2) is 19.2 Å². The van der Waals surface area contributed by atoms with Crippen LogP contribution in [0.25, 0.3) is 0 Å². The molecule has 1 N–H and O–H groups in total. The van der Waals surface area contributed by atoms with E-state index in [1.54, 1.807) is 50.6 Å². The third kappa shape index (κ3) is 2.88. The Bertz CT molecular complexity index is 609. The van der Waals surface area contributed by atoms with Crippen molar-refractivity contribution in [2.45, 2.75) is 0 Å². The number of para-hydroxylation sites is 1. The molecule has 0 unspecified atom stereocenters. The highest BCUT2D eigenvalue weighted by Crippen LogP contribution is 2.34. The maximum atomic E-state index is 13.7. The molecule has 2 rings (SSSR count). The molecule has 0 saturated heterocycles. The Labute approximate surface area is 122 Å². The van der Waals surface area contributed by atoms with Crippen LogP contribution in [0, 0.1) is 5.82 Å². The third-order valence-corrected chi connectivity index (χ3v) is 3.11. The van der Waals surface area contributed by atoms with E-state index in [0.717, 1.165) is 0 Å². The minimum Gasteiger partial charge on any atom is -0.494 e. The van der Waals surface area contributed by atoms with Gasteiger partial charge >= 0.3 is 0 Å². The molecule has 0 heterocycles. The molecule has 0 saturated carbocycles. The second-order valence-electron chi connectivity index (χ2n) is 3.97. The maximum absolute atomic E-state index is 13.7. The number of hydrogen-bond donors (Lipinski definition) is 1. The normalized spacial score (nSPS) is 9.95. The lowest BCUT2D eigenvalue weighted by molar-refractivity contribution is 0.398. The molecule has 2 aromatic carbocycles. The average molecular weight is 291 g/mol. The van der Waals surface area contributed by atoms with Crippen molar-refractivity contribution in [3.63, 3.8) is 0 Å². The first kappa shape index (κ1) is 14.3. The fourth-order valence-corrected chi connectivity index (χ4v) is 2.07. The number of thiocarbonyl (C=S) groups is 1. The monoisotopic (exact) mass is 291 g/mol. The summed E-state index contributed by atoms with van der Waals surface area (Å²) in [6, 6.07) is 11.7. The first-order valence-electron chi connectivity index (χ1n) is 5.94. The van der Waals surface area contributed by atoms with E-state index in [1.807, 2.05) is 0 Å². The van der Waals surface area contributed by atoms with Gasteiger partial charge in [0, 0.05) is 5.56 Å². The largest absolute Gasteiger partial charge is 0.494 e. The number of nitrogens with one attached hydrogen (secondary N) is 1. The predicted octanol–water partition coefficient (Wildman–Crippen LogP) is 3.63. The lowest BCUT2D eigenvalue weighted by atomic mass is 10.2. The van der Waals surface area contributed by atoms with E-state index in [2.05, 4.69) is 5.32 Å². The van der Waals surface area contributed by atoms with E-state index >= 15 is 0 Å². The van der Waals surface area contributed by atoms with Crippen molar-refractivity contribution in [2.24, 2.45) is 0 Å². The Kier molecular flexibility index (Phi) is 4.53. The lowest BCUT2D eigenvalue weighted by Crippen LogP contribution is -2.13. The molecule has 5 heteroatoms. The molecule has 104 valence electrons. The van der Waals surface area contributed by atoms with Crippen molar-refractivity contribution >= 4 is 22.9 Å². The summed E-state index contributed by atoms with van der Waals surface area (Å²) in [6.07, 6.45) is 0. The van der Waals surface area contributed by atoms with Gasteiger partial charge in [-0.15, -0.1) is 0 Å². The summed E-state index contributed by atoms with van der Waals surface area (Å²) in [5.74, 6) is 0.768. The molecular weight excluding hydrogens is 277 g/mol. The number of anilines is 1. The van der Waals surface area contributed by atoms with E-state index in [-0.39, 0.29) is 10.8 Å². The topological polar surface area (TPSA) is 30.5 Å². The van der Waals surface area contributed by atoms with Gasteiger partial charge in [-0.1, -0.05) is 30.4 Å². The van der Waals surface area contributed by atoms with Gasteiger partial charge in [0.2, 0.25) is 0 Å². The highest BCUT2D eigenvalue weighted by molar-refractivity contribution is 7.81. The molecule has 0 atom stereocenters. The van der Waals surface area contributed by atoms with Crippen LogP contribution in [0.5, 0.6) is 11.5 Å². The summed E-state index contributed by atoms with van der Waals surface area (Å²) in [7, 11) is 3.10. The third-order valence-electron chi connectivity index (χ3n) is 2.78. The zero-order valence-corrected chi connectivity index (χ0v) is 12.0. The van der Waals surface area contributed by atoms with Gasteiger partial charge in [-0.3, -0.25) is 0 Å². The minimum absolute atomic E-state index is 0.269. The lowest BCUT2D eigenvalue weighted by Gasteiger charge is -2.15. The Balaban J connectivity index is 2.35. The number of methoxy groups -OCH3 is 2. The zero-order chi connectivity index (χ0) is 14.5. The quantitative estimate of drug-likeness (QED) is 0.871. The first-order chi connectivity index (χ1) is 9.67. The van der Waals surface area contributed by atoms with Crippen molar-refractivity contribution in [1.82, 2.24) is 0 Å².